The first kappa shape index (κ1) is 15.3. The largest absolute Gasteiger partial charge is 0.354 e. The average Bonchev–Trinajstić information content (AvgIpc) is 2.61. The Balaban J connectivity index is 2.30. The van der Waals surface area contributed by atoms with E-state index >= 15 is 0 Å². The zero-order valence-electron chi connectivity index (χ0n) is 13.1. The maximum Gasteiger partial charge on any atom is 0.241 e. The minimum Gasteiger partial charge on any atom is -0.354 e. The Morgan fingerprint density at radius 3 is 2.67 bits per heavy atom. The lowest BCUT2D eigenvalue weighted by atomic mass is 10.4. The quantitative estimate of drug-likeness (QED) is 0.839. The van der Waals surface area contributed by atoms with Crippen LogP contribution < -0.4 is 15.1 Å². The van der Waals surface area contributed by atoms with Gasteiger partial charge in [-0.1, -0.05) is 0 Å². The second-order valence-electron chi connectivity index (χ2n) is 5.27. The van der Waals surface area contributed by atoms with Crippen molar-refractivity contribution in [3.63, 3.8) is 0 Å². The third-order valence-corrected chi connectivity index (χ3v) is 3.30. The van der Waals surface area contributed by atoms with Crippen LogP contribution in [0.3, 0.4) is 0 Å². The van der Waals surface area contributed by atoms with Crippen molar-refractivity contribution >= 4 is 23.8 Å². The van der Waals surface area contributed by atoms with Gasteiger partial charge in [0.15, 0.2) is 0 Å². The van der Waals surface area contributed by atoms with E-state index in [0.29, 0.717) is 24.4 Å². The van der Waals surface area contributed by atoms with Gasteiger partial charge >= 0.3 is 0 Å². The van der Waals surface area contributed by atoms with Gasteiger partial charge in [-0.05, 0) is 13.3 Å². The number of nitrogens with zero attached hydrogens (tertiary/aromatic N) is 6. The van der Waals surface area contributed by atoms with Crippen molar-refractivity contribution < 1.29 is 4.79 Å². The van der Waals surface area contributed by atoms with E-state index in [-0.39, 0.29) is 5.91 Å². The topological polar surface area (TPSA) is 77.5 Å². The van der Waals surface area contributed by atoms with E-state index in [1.54, 1.807) is 4.90 Å². The Hall–Kier alpha value is -2.12. The van der Waals surface area contributed by atoms with Gasteiger partial charge in [0.05, 0.1) is 6.54 Å². The first-order valence-corrected chi connectivity index (χ1v) is 7.17. The molecular formula is C13H23N7O. The number of hydrogen-bond donors (Lipinski definition) is 1. The fourth-order valence-corrected chi connectivity index (χ4v) is 2.09. The Morgan fingerprint density at radius 2 is 2.00 bits per heavy atom. The van der Waals surface area contributed by atoms with Crippen LogP contribution in [0.5, 0.6) is 0 Å². The molecule has 0 bridgehead atoms. The van der Waals surface area contributed by atoms with E-state index in [1.165, 1.54) is 0 Å². The minimum atomic E-state index is 0.0873. The third kappa shape index (κ3) is 3.71. The molecule has 0 radical (unpaired) electrons. The van der Waals surface area contributed by atoms with E-state index in [9.17, 15) is 4.79 Å². The number of aromatic nitrogens is 3. The number of rotatable bonds is 4. The molecule has 0 unspecified atom stereocenters. The van der Waals surface area contributed by atoms with Gasteiger partial charge in [0, 0.05) is 40.8 Å². The number of hydrogen-bond acceptors (Lipinski definition) is 7. The minimum absolute atomic E-state index is 0.0873. The van der Waals surface area contributed by atoms with Crippen LogP contribution in [-0.2, 0) is 4.79 Å². The molecule has 0 atom stereocenters. The van der Waals surface area contributed by atoms with Crippen LogP contribution in [0.15, 0.2) is 0 Å². The van der Waals surface area contributed by atoms with Crippen molar-refractivity contribution in [1.29, 1.82) is 0 Å². The lowest BCUT2D eigenvalue weighted by Crippen LogP contribution is -2.35. The van der Waals surface area contributed by atoms with E-state index in [1.807, 2.05) is 37.9 Å². The standard InChI is InChI=1S/C13H23N7O/c1-5-14-11-15-12(18(2)3)17-13(16-11)20-8-6-7-19(4)10(21)9-20/h5-9H2,1-4H3,(H,14,15,16,17). The summed E-state index contributed by atoms with van der Waals surface area (Å²) in [6, 6.07) is 0. The monoisotopic (exact) mass is 293 g/mol. The van der Waals surface area contributed by atoms with Gasteiger partial charge in [-0.25, -0.2) is 0 Å². The van der Waals surface area contributed by atoms with Crippen LogP contribution in [0.1, 0.15) is 13.3 Å². The Kier molecular flexibility index (Phi) is 4.77. The Labute approximate surface area is 125 Å². The maximum absolute atomic E-state index is 12.0. The average molecular weight is 293 g/mol. The molecule has 1 aromatic rings. The third-order valence-electron chi connectivity index (χ3n) is 3.30. The van der Waals surface area contributed by atoms with Crippen LogP contribution in [0.25, 0.3) is 0 Å². The van der Waals surface area contributed by atoms with Crippen molar-refractivity contribution in [3.05, 3.63) is 0 Å². The molecule has 1 N–H and O–H groups in total. The number of anilines is 3. The molecule has 0 saturated carbocycles. The molecule has 0 aliphatic carbocycles. The van der Waals surface area contributed by atoms with Crippen molar-refractivity contribution in [2.24, 2.45) is 0 Å². The second-order valence-corrected chi connectivity index (χ2v) is 5.27. The van der Waals surface area contributed by atoms with Crippen molar-refractivity contribution in [1.82, 2.24) is 19.9 Å². The van der Waals surface area contributed by atoms with Gasteiger partial charge in [-0.15, -0.1) is 0 Å². The van der Waals surface area contributed by atoms with Crippen LogP contribution in [0.4, 0.5) is 17.8 Å². The number of carbonyl (C=O) groups is 1. The molecule has 1 fully saturated rings. The summed E-state index contributed by atoms with van der Waals surface area (Å²) in [5, 5.41) is 3.11. The van der Waals surface area contributed by atoms with Crippen LogP contribution in [-0.4, -0.2) is 73.1 Å². The Bertz CT molecular complexity index is 505. The highest BCUT2D eigenvalue weighted by atomic mass is 16.2. The predicted octanol–water partition coefficient (Wildman–Crippen LogP) is 0.0379. The molecule has 8 nitrogen and oxygen atoms in total. The van der Waals surface area contributed by atoms with Gasteiger partial charge in [0.25, 0.3) is 0 Å². The second kappa shape index (κ2) is 6.55. The van der Waals surface area contributed by atoms with Crippen LogP contribution in [0.2, 0.25) is 0 Å². The normalized spacial score (nSPS) is 15.9. The van der Waals surface area contributed by atoms with Gasteiger partial charge in [0.1, 0.15) is 0 Å². The summed E-state index contributed by atoms with van der Waals surface area (Å²) >= 11 is 0. The number of likely N-dealkylation sites (N-methyl/N-ethyl adjacent to an activating group) is 1. The molecule has 21 heavy (non-hydrogen) atoms. The summed E-state index contributed by atoms with van der Waals surface area (Å²) in [6.07, 6.45) is 0.905. The molecule has 8 heteroatoms. The summed E-state index contributed by atoms with van der Waals surface area (Å²) in [5.74, 6) is 1.76. The zero-order chi connectivity index (χ0) is 15.4. The molecule has 1 saturated heterocycles. The molecule has 2 rings (SSSR count). The number of amides is 1. The van der Waals surface area contributed by atoms with Crippen LogP contribution in [0, 0.1) is 0 Å². The molecule has 116 valence electrons. The van der Waals surface area contributed by atoms with Crippen molar-refractivity contribution in [3.8, 4) is 0 Å². The highest BCUT2D eigenvalue weighted by Crippen LogP contribution is 2.17. The fourth-order valence-electron chi connectivity index (χ4n) is 2.09. The zero-order valence-corrected chi connectivity index (χ0v) is 13.1. The molecular weight excluding hydrogens is 270 g/mol. The van der Waals surface area contributed by atoms with Crippen molar-refractivity contribution in [2.75, 3.05) is 62.4 Å². The molecule has 1 aromatic heterocycles. The van der Waals surface area contributed by atoms with Gasteiger partial charge < -0.3 is 20.0 Å². The lowest BCUT2D eigenvalue weighted by Gasteiger charge is -2.21. The maximum atomic E-state index is 12.0. The summed E-state index contributed by atoms with van der Waals surface area (Å²) in [7, 11) is 5.60. The number of carbonyl (C=O) groups excluding carboxylic acids is 1. The lowest BCUT2D eigenvalue weighted by molar-refractivity contribution is -0.127. The summed E-state index contributed by atoms with van der Waals surface area (Å²) < 4.78 is 0. The first-order chi connectivity index (χ1) is 10.0. The number of nitrogens with one attached hydrogen (secondary N) is 1. The Morgan fingerprint density at radius 1 is 1.24 bits per heavy atom. The first-order valence-electron chi connectivity index (χ1n) is 7.17. The van der Waals surface area contributed by atoms with E-state index < -0.39 is 0 Å². The van der Waals surface area contributed by atoms with E-state index in [4.69, 9.17) is 0 Å². The van der Waals surface area contributed by atoms with E-state index in [2.05, 4.69) is 20.3 Å². The highest BCUT2D eigenvalue weighted by Gasteiger charge is 2.22. The van der Waals surface area contributed by atoms with Gasteiger partial charge in [-0.2, -0.15) is 15.0 Å². The summed E-state index contributed by atoms with van der Waals surface area (Å²) in [6.45, 7) is 4.56. The van der Waals surface area contributed by atoms with Gasteiger partial charge in [-0.3, -0.25) is 4.79 Å². The summed E-state index contributed by atoms with van der Waals surface area (Å²) in [4.78, 5) is 30.7. The smallest absolute Gasteiger partial charge is 0.241 e. The molecule has 2 heterocycles. The molecule has 1 aliphatic heterocycles. The SMILES string of the molecule is CCNc1nc(N(C)C)nc(N2CCCN(C)C(=O)C2)n1. The van der Waals surface area contributed by atoms with Crippen molar-refractivity contribution in [2.45, 2.75) is 13.3 Å². The summed E-state index contributed by atoms with van der Waals surface area (Å²) in [5.41, 5.74) is 0. The molecule has 0 spiro atoms. The van der Waals surface area contributed by atoms with Gasteiger partial charge in [0.2, 0.25) is 23.8 Å². The molecule has 1 aliphatic rings. The predicted molar refractivity (Wildman–Crippen MR) is 82.8 cm³/mol. The molecule has 0 aromatic carbocycles. The fraction of sp³-hybridized carbons (Fsp3) is 0.692. The highest BCUT2D eigenvalue weighted by molar-refractivity contribution is 5.81. The van der Waals surface area contributed by atoms with Crippen LogP contribution >= 0.6 is 0 Å². The van der Waals surface area contributed by atoms with E-state index in [0.717, 1.165) is 26.1 Å². The molecule has 1 amide bonds.